The molecule has 2 bridgehead atoms. The van der Waals surface area contributed by atoms with E-state index in [1.165, 1.54) is 26.2 Å². The first-order valence-corrected chi connectivity index (χ1v) is 9.96. The number of anilines is 1. The molecular weight excluding hydrogens is 418 g/mol. The minimum absolute atomic E-state index is 0.0409. The van der Waals surface area contributed by atoms with Crippen LogP contribution in [-0.2, 0) is 38.7 Å². The zero-order chi connectivity index (χ0) is 20.9. The molecule has 0 saturated carbocycles. The lowest BCUT2D eigenvalue weighted by molar-refractivity contribution is -0.234. The highest BCUT2D eigenvalue weighted by Gasteiger charge is 2.54. The number of rotatable bonds is 1. The van der Waals surface area contributed by atoms with E-state index in [1.807, 2.05) is 0 Å². The van der Waals surface area contributed by atoms with Gasteiger partial charge >= 0.3 is 16.3 Å². The van der Waals surface area contributed by atoms with Gasteiger partial charge in [0.1, 0.15) is 11.7 Å². The lowest BCUT2D eigenvalue weighted by Crippen LogP contribution is -2.71. The van der Waals surface area contributed by atoms with E-state index in [0.717, 1.165) is 11.3 Å². The summed E-state index contributed by atoms with van der Waals surface area (Å²) in [4.78, 5) is 50.2. The molecule has 0 aliphatic carbocycles. The molecule has 13 nitrogen and oxygen atoms in total. The Balaban J connectivity index is 2.02. The number of nitrogens with one attached hydrogen (secondary N) is 1. The SMILES string of the molecule is C[C@H]1[C@@H]2NC(=O)/C(c3csc(N)n3)=N\OC(C)(C)C(=O)OOS(=O)(=O)N1C2=O. The number of nitrogens with two attached hydrogens (primary N) is 1. The van der Waals surface area contributed by atoms with Crippen molar-refractivity contribution in [1.82, 2.24) is 14.6 Å². The number of fused-ring (bicyclic) bond motifs is 8. The van der Waals surface area contributed by atoms with Gasteiger partial charge in [-0.2, -0.15) is 8.42 Å². The molecule has 2 amide bonds. The molecule has 0 unspecified atom stereocenters. The van der Waals surface area contributed by atoms with E-state index >= 15 is 0 Å². The maximum Gasteiger partial charge on any atom is 0.400 e. The summed E-state index contributed by atoms with van der Waals surface area (Å²) in [5, 5.41) is 7.58. The summed E-state index contributed by atoms with van der Waals surface area (Å²) in [5.74, 6) is -3.13. The number of oxime groups is 1. The van der Waals surface area contributed by atoms with Crippen LogP contribution in [0.1, 0.15) is 26.5 Å². The number of aromatic nitrogens is 1. The van der Waals surface area contributed by atoms with Crippen LogP contribution in [0.4, 0.5) is 5.13 Å². The van der Waals surface area contributed by atoms with Crippen LogP contribution in [0.2, 0.25) is 0 Å². The smallest absolute Gasteiger partial charge is 0.377 e. The van der Waals surface area contributed by atoms with Crippen molar-refractivity contribution in [2.75, 3.05) is 5.73 Å². The molecule has 1 saturated heterocycles. The molecule has 0 radical (unpaired) electrons. The van der Waals surface area contributed by atoms with Crippen molar-refractivity contribution >= 4 is 50.3 Å². The molecule has 1 aromatic rings. The highest BCUT2D eigenvalue weighted by Crippen LogP contribution is 2.26. The minimum atomic E-state index is -4.73. The second-order valence-corrected chi connectivity index (χ2v) is 8.61. The molecule has 3 N–H and O–H groups in total. The third-order valence-electron chi connectivity index (χ3n) is 3.90. The summed E-state index contributed by atoms with van der Waals surface area (Å²) < 4.78 is 28.7. The lowest BCUT2D eigenvalue weighted by atomic mass is 10.0. The van der Waals surface area contributed by atoms with Crippen LogP contribution in [0.25, 0.3) is 0 Å². The molecule has 28 heavy (non-hydrogen) atoms. The number of thiazole rings is 1. The van der Waals surface area contributed by atoms with Crippen molar-refractivity contribution in [3.05, 3.63) is 11.1 Å². The fraction of sp³-hybridized carbons (Fsp3) is 0.462. The van der Waals surface area contributed by atoms with E-state index in [9.17, 15) is 22.8 Å². The van der Waals surface area contributed by atoms with Crippen LogP contribution < -0.4 is 11.1 Å². The van der Waals surface area contributed by atoms with E-state index in [-0.39, 0.29) is 16.5 Å². The molecule has 2 atom stereocenters. The number of carbonyl (C=O) groups excluding carboxylic acids is 3. The molecule has 15 heteroatoms. The number of nitrogens with zero attached hydrogens (tertiary/aromatic N) is 3. The predicted octanol–water partition coefficient (Wildman–Crippen LogP) is -1.33. The Morgan fingerprint density at radius 3 is 2.57 bits per heavy atom. The number of hydrogen-bond acceptors (Lipinski definition) is 12. The third-order valence-corrected chi connectivity index (χ3v) is 5.80. The zero-order valence-electron chi connectivity index (χ0n) is 14.7. The largest absolute Gasteiger partial charge is 0.400 e. The monoisotopic (exact) mass is 433 g/mol. The molecule has 0 aromatic carbocycles. The Morgan fingerprint density at radius 2 is 2.00 bits per heavy atom. The molecule has 0 spiro atoms. The fourth-order valence-corrected chi connectivity index (χ4v) is 3.93. The van der Waals surface area contributed by atoms with Gasteiger partial charge in [-0.3, -0.25) is 14.5 Å². The topological polar surface area (TPSA) is 180 Å². The van der Waals surface area contributed by atoms with Crippen molar-refractivity contribution in [1.29, 1.82) is 0 Å². The fourth-order valence-electron chi connectivity index (χ4n) is 2.31. The zero-order valence-corrected chi connectivity index (χ0v) is 16.4. The van der Waals surface area contributed by atoms with Gasteiger partial charge in [0.2, 0.25) is 5.60 Å². The molecule has 4 heterocycles. The Labute approximate surface area is 162 Å². The minimum Gasteiger partial charge on any atom is -0.377 e. The highest BCUT2D eigenvalue weighted by molar-refractivity contribution is 7.85. The van der Waals surface area contributed by atoms with Crippen LogP contribution in [-0.4, -0.2) is 58.9 Å². The van der Waals surface area contributed by atoms with Crippen molar-refractivity contribution in [3.8, 4) is 0 Å². The van der Waals surface area contributed by atoms with E-state index in [4.69, 9.17) is 10.6 Å². The molecule has 152 valence electrons. The highest BCUT2D eigenvalue weighted by atomic mass is 32.2. The van der Waals surface area contributed by atoms with E-state index in [2.05, 4.69) is 24.7 Å². The summed E-state index contributed by atoms with van der Waals surface area (Å²) in [5.41, 5.74) is 3.40. The van der Waals surface area contributed by atoms with Crippen molar-refractivity contribution in [3.63, 3.8) is 0 Å². The first kappa shape index (κ1) is 20.0. The Bertz CT molecular complexity index is 985. The second kappa shape index (κ2) is 6.68. The molecule has 3 aliphatic rings. The standard InChI is InChI=1S/C13H15N5O8S2/c1-5-7-10(20)18(5)28(22,23)26-24-11(21)13(2,3)25-17-8(9(19)16-7)6-4-27-12(14)15-6/h4-5,7H,1-3H3,(H2,14,15)(H,16,19)/b17-8-/t5-,7-/m0/s1. The maximum absolute atomic E-state index is 12.6. The van der Waals surface area contributed by atoms with E-state index < -0.39 is 45.8 Å². The van der Waals surface area contributed by atoms with Crippen molar-refractivity contribution < 1.29 is 36.9 Å². The van der Waals surface area contributed by atoms with Crippen LogP contribution >= 0.6 is 11.3 Å². The van der Waals surface area contributed by atoms with Gasteiger partial charge in [-0.05, 0) is 25.1 Å². The average molecular weight is 433 g/mol. The van der Waals surface area contributed by atoms with Gasteiger partial charge in [-0.25, -0.2) is 14.1 Å². The van der Waals surface area contributed by atoms with Crippen molar-refractivity contribution in [2.45, 2.75) is 38.5 Å². The lowest BCUT2D eigenvalue weighted by Gasteiger charge is -2.42. The number of nitrogen functional groups attached to an aromatic ring is 1. The first-order chi connectivity index (χ1) is 12.9. The van der Waals surface area contributed by atoms with Gasteiger partial charge in [-0.15, -0.1) is 11.3 Å². The summed E-state index contributed by atoms with van der Waals surface area (Å²) in [7, 11) is -4.73. The molecule has 1 fully saturated rings. The van der Waals surface area contributed by atoms with Gasteiger partial charge in [0.25, 0.3) is 11.8 Å². The van der Waals surface area contributed by atoms with E-state index in [1.54, 1.807) is 0 Å². The van der Waals surface area contributed by atoms with Gasteiger partial charge < -0.3 is 15.9 Å². The average Bonchev–Trinajstić information content (AvgIpc) is 3.03. The van der Waals surface area contributed by atoms with Crippen LogP contribution in [0.15, 0.2) is 10.5 Å². The van der Waals surface area contributed by atoms with Crippen LogP contribution in [0.3, 0.4) is 0 Å². The van der Waals surface area contributed by atoms with Crippen LogP contribution in [0, 0.1) is 0 Å². The number of carbonyl (C=O) groups is 3. The Hall–Kier alpha value is -2.78. The summed E-state index contributed by atoms with van der Waals surface area (Å²) in [6, 6.07) is -2.19. The number of hydrogen-bond donors (Lipinski definition) is 2. The van der Waals surface area contributed by atoms with Crippen molar-refractivity contribution in [2.24, 2.45) is 5.16 Å². The molecular formula is C13H15N5O8S2. The molecule has 3 aliphatic heterocycles. The van der Waals surface area contributed by atoms with Gasteiger partial charge in [-0.1, -0.05) is 5.16 Å². The third kappa shape index (κ3) is 3.38. The number of amides is 2. The Morgan fingerprint density at radius 1 is 1.32 bits per heavy atom. The predicted molar refractivity (Wildman–Crippen MR) is 92.6 cm³/mol. The summed E-state index contributed by atoms with van der Waals surface area (Å²) >= 11 is 1.03. The maximum atomic E-state index is 12.6. The summed E-state index contributed by atoms with van der Waals surface area (Å²) in [6.07, 6.45) is 0. The quantitative estimate of drug-likeness (QED) is 0.398. The van der Waals surface area contributed by atoms with Gasteiger partial charge in [0.15, 0.2) is 10.8 Å². The number of β-lactam (4-membered cyclic amide) rings is 1. The van der Waals surface area contributed by atoms with Gasteiger partial charge in [0, 0.05) is 5.38 Å². The van der Waals surface area contributed by atoms with Crippen LogP contribution in [0.5, 0.6) is 0 Å². The summed E-state index contributed by atoms with van der Waals surface area (Å²) in [6.45, 7) is 3.76. The van der Waals surface area contributed by atoms with Gasteiger partial charge in [0.05, 0.1) is 6.04 Å². The first-order valence-electron chi connectivity index (χ1n) is 7.71. The normalized spacial score (nSPS) is 28.9. The molecule has 1 aromatic heterocycles. The van der Waals surface area contributed by atoms with E-state index in [0.29, 0.717) is 4.31 Å². The molecule has 4 rings (SSSR count). The second-order valence-electron chi connectivity index (χ2n) is 6.33. The Kier molecular flexibility index (Phi) is 4.76.